The molecule has 0 aliphatic rings. The fourth-order valence-corrected chi connectivity index (χ4v) is 7.73. The Morgan fingerprint density at radius 1 is 0.327 bits per heavy atom. The van der Waals surface area contributed by atoms with E-state index in [2.05, 4.69) is 41.5 Å². The van der Waals surface area contributed by atoms with E-state index in [9.17, 15) is 9.59 Å². The van der Waals surface area contributed by atoms with Gasteiger partial charge in [-0.05, 0) is 65.2 Å². The molecule has 0 aliphatic carbocycles. The molecule has 0 bridgehead atoms. The van der Waals surface area contributed by atoms with Crippen LogP contribution in [0.5, 0.6) is 0 Å². The Kier molecular flexibility index (Phi) is 40.7. The topological polar surface area (TPSA) is 52.6 Å². The van der Waals surface area contributed by atoms with Crippen LogP contribution in [0, 0.1) is 0 Å². The van der Waals surface area contributed by atoms with Crippen LogP contribution in [0.15, 0.2) is 0 Å². The van der Waals surface area contributed by atoms with Gasteiger partial charge in [0, 0.05) is 0 Å². The molecule has 0 aromatic carbocycles. The van der Waals surface area contributed by atoms with E-state index < -0.39 is 23.1 Å². The van der Waals surface area contributed by atoms with Crippen molar-refractivity contribution in [3.63, 3.8) is 0 Å². The second-order valence-corrected chi connectivity index (χ2v) is 16.9. The molecule has 0 fully saturated rings. The minimum absolute atomic E-state index is 0. The predicted octanol–water partition coefficient (Wildman–Crippen LogP) is 15.5. The van der Waals surface area contributed by atoms with Gasteiger partial charge < -0.3 is 9.47 Å². The monoisotopic (exact) mass is 745 g/mol. The Labute approximate surface area is 348 Å². The summed E-state index contributed by atoms with van der Waals surface area (Å²) in [5.74, 6) is -0.800. The first-order chi connectivity index (χ1) is 24.7. The summed E-state index contributed by atoms with van der Waals surface area (Å²) in [5, 5.41) is 0. The maximum absolute atomic E-state index is 13.3. The SMILES string of the molecule is CCCCCCCCCCC(C)(CCCCCCCCCC)OC(=O)CC(=O)OC(C)(CCCCCCCCCC)CCCCCCCCCC.[NaH]. The van der Waals surface area contributed by atoms with Crippen molar-refractivity contribution >= 4 is 41.5 Å². The van der Waals surface area contributed by atoms with Gasteiger partial charge in [-0.25, -0.2) is 0 Å². The quantitative estimate of drug-likeness (QED) is 0.0271. The molecule has 0 saturated heterocycles. The minimum atomic E-state index is -0.501. The molecule has 52 heavy (non-hydrogen) atoms. The van der Waals surface area contributed by atoms with Crippen LogP contribution in [0.4, 0.5) is 0 Å². The van der Waals surface area contributed by atoms with Crippen LogP contribution in [-0.4, -0.2) is 52.7 Å². The summed E-state index contributed by atoms with van der Waals surface area (Å²) in [4.78, 5) is 26.6. The second-order valence-electron chi connectivity index (χ2n) is 16.9. The Balaban J connectivity index is 0. The van der Waals surface area contributed by atoms with Crippen LogP contribution in [0.25, 0.3) is 0 Å². The van der Waals surface area contributed by atoms with Crippen LogP contribution < -0.4 is 0 Å². The molecule has 0 saturated carbocycles. The molecule has 4 nitrogen and oxygen atoms in total. The van der Waals surface area contributed by atoms with Crippen molar-refractivity contribution in [3.05, 3.63) is 0 Å². The summed E-state index contributed by atoms with van der Waals surface area (Å²) in [7, 11) is 0. The third-order valence-electron chi connectivity index (χ3n) is 11.2. The van der Waals surface area contributed by atoms with Gasteiger partial charge in [-0.1, -0.05) is 207 Å². The molecule has 0 heterocycles. The summed E-state index contributed by atoms with van der Waals surface area (Å²) in [6.07, 6.45) is 43.8. The fraction of sp³-hybridized carbons (Fsp3) is 0.957. The maximum atomic E-state index is 13.3. The molecule has 0 aromatic heterocycles. The molecule has 0 spiro atoms. The van der Waals surface area contributed by atoms with E-state index in [0.717, 1.165) is 51.4 Å². The number of ether oxygens (including phenoxy) is 2. The van der Waals surface area contributed by atoms with Crippen LogP contribution in [0.1, 0.15) is 279 Å². The summed E-state index contributed by atoms with van der Waals surface area (Å²) in [6.45, 7) is 13.3. The molecular weight excluding hydrogens is 652 g/mol. The van der Waals surface area contributed by atoms with Crippen molar-refractivity contribution in [1.29, 1.82) is 0 Å². The second kappa shape index (κ2) is 39.2. The zero-order valence-corrected chi connectivity index (χ0v) is 35.8. The van der Waals surface area contributed by atoms with Crippen molar-refractivity contribution in [3.8, 4) is 0 Å². The van der Waals surface area contributed by atoms with Gasteiger partial charge in [0.05, 0.1) is 0 Å². The van der Waals surface area contributed by atoms with Gasteiger partial charge in [-0.15, -0.1) is 0 Å². The molecule has 0 radical (unpaired) electrons. The van der Waals surface area contributed by atoms with Gasteiger partial charge in [0.15, 0.2) is 0 Å². The van der Waals surface area contributed by atoms with Crippen molar-refractivity contribution in [2.75, 3.05) is 0 Å². The molecule has 0 atom stereocenters. The first-order valence-corrected chi connectivity index (χ1v) is 23.2. The third-order valence-corrected chi connectivity index (χ3v) is 11.2. The predicted molar refractivity (Wildman–Crippen MR) is 230 cm³/mol. The van der Waals surface area contributed by atoms with Gasteiger partial charge in [0.25, 0.3) is 0 Å². The summed E-state index contributed by atoms with van der Waals surface area (Å²) < 4.78 is 12.4. The number of carbonyl (C=O) groups is 2. The summed E-state index contributed by atoms with van der Waals surface area (Å²) >= 11 is 0. The third kappa shape index (κ3) is 35.6. The van der Waals surface area contributed by atoms with Crippen molar-refractivity contribution in [2.45, 2.75) is 290 Å². The molecule has 306 valence electrons. The van der Waals surface area contributed by atoms with Crippen molar-refractivity contribution in [1.82, 2.24) is 0 Å². The Bertz CT molecular complexity index is 666. The zero-order valence-electron chi connectivity index (χ0n) is 35.8. The molecule has 0 aliphatic heterocycles. The zero-order chi connectivity index (χ0) is 37.7. The molecular formula is C47H93NaO4. The van der Waals surface area contributed by atoms with E-state index in [1.54, 1.807) is 0 Å². The average molecular weight is 745 g/mol. The number of rotatable bonds is 40. The van der Waals surface area contributed by atoms with E-state index >= 15 is 0 Å². The van der Waals surface area contributed by atoms with Crippen molar-refractivity contribution < 1.29 is 19.1 Å². The Morgan fingerprint density at radius 3 is 0.692 bits per heavy atom. The van der Waals surface area contributed by atoms with Gasteiger partial charge in [0.1, 0.15) is 17.6 Å². The van der Waals surface area contributed by atoms with E-state index in [1.807, 2.05) is 0 Å². The molecule has 5 heteroatoms. The number of unbranched alkanes of at least 4 members (excludes halogenated alkanes) is 28. The number of esters is 2. The van der Waals surface area contributed by atoms with E-state index in [1.165, 1.54) is 180 Å². The molecule has 0 N–H and O–H groups in total. The first-order valence-electron chi connectivity index (χ1n) is 23.2. The molecule has 0 aromatic rings. The summed E-state index contributed by atoms with van der Waals surface area (Å²) in [6, 6.07) is 0. The number of carbonyl (C=O) groups excluding carboxylic acids is 2. The fourth-order valence-electron chi connectivity index (χ4n) is 7.73. The number of hydrogen-bond donors (Lipinski definition) is 0. The first kappa shape index (κ1) is 54.0. The van der Waals surface area contributed by atoms with Gasteiger partial charge >= 0.3 is 41.5 Å². The van der Waals surface area contributed by atoms with Gasteiger partial charge in [-0.2, -0.15) is 0 Å². The normalized spacial score (nSPS) is 11.8. The average Bonchev–Trinajstić information content (AvgIpc) is 3.09. The summed E-state index contributed by atoms with van der Waals surface area (Å²) in [5.41, 5.74) is -1.00. The standard InChI is InChI=1S/C47H92O4.Na.H/c1-7-11-15-19-23-27-31-35-39-46(5,40-36-32-28-24-20-16-12-8-2)50-44(48)43-45(49)51-47(6,41-37-33-29-25-21-17-13-9-3)42-38-34-30-26-22-18-14-10-4;;/h7-43H2,1-6H3;;. The van der Waals surface area contributed by atoms with Crippen LogP contribution in [-0.2, 0) is 19.1 Å². The van der Waals surface area contributed by atoms with Gasteiger partial charge in [-0.3, -0.25) is 9.59 Å². The van der Waals surface area contributed by atoms with E-state index in [4.69, 9.17) is 9.47 Å². The van der Waals surface area contributed by atoms with Crippen molar-refractivity contribution in [2.24, 2.45) is 0 Å². The van der Waals surface area contributed by atoms with Crippen LogP contribution in [0.2, 0.25) is 0 Å². The van der Waals surface area contributed by atoms with Crippen LogP contribution in [0.3, 0.4) is 0 Å². The van der Waals surface area contributed by atoms with Crippen LogP contribution >= 0.6 is 0 Å². The Hall–Kier alpha value is -0.0600. The molecule has 0 rings (SSSR count). The van der Waals surface area contributed by atoms with Gasteiger partial charge in [0.2, 0.25) is 0 Å². The van der Waals surface area contributed by atoms with E-state index in [0.29, 0.717) is 0 Å². The Morgan fingerprint density at radius 2 is 0.500 bits per heavy atom. The molecule has 0 amide bonds. The number of hydrogen-bond acceptors (Lipinski definition) is 4. The van der Waals surface area contributed by atoms with E-state index in [-0.39, 0.29) is 36.0 Å². The molecule has 0 unspecified atom stereocenters.